The fourth-order valence-electron chi connectivity index (χ4n) is 3.56. The zero-order chi connectivity index (χ0) is 19.7. The van der Waals surface area contributed by atoms with Crippen molar-refractivity contribution in [2.24, 2.45) is 0 Å². The van der Waals surface area contributed by atoms with Crippen LogP contribution >= 0.6 is 0 Å². The molecule has 0 radical (unpaired) electrons. The van der Waals surface area contributed by atoms with Gasteiger partial charge in [0.25, 0.3) is 23.6 Å². The van der Waals surface area contributed by atoms with Gasteiger partial charge in [-0.15, -0.1) is 0 Å². The van der Waals surface area contributed by atoms with Crippen LogP contribution in [0.15, 0.2) is 40.5 Å². The van der Waals surface area contributed by atoms with Gasteiger partial charge >= 0.3 is 0 Å². The third-order valence-corrected chi connectivity index (χ3v) is 5.44. The molecule has 4 amide bonds. The quantitative estimate of drug-likeness (QED) is 0.751. The van der Waals surface area contributed by atoms with Crippen molar-refractivity contribution in [1.82, 2.24) is 10.6 Å². The Balaban J connectivity index is 1.71. The van der Waals surface area contributed by atoms with E-state index < -0.39 is 0 Å². The number of carbonyl (C=O) groups excluding carboxylic acids is 4. The topological polar surface area (TPSA) is 92.3 Å². The van der Waals surface area contributed by atoms with Crippen molar-refractivity contribution in [3.63, 3.8) is 0 Å². The van der Waals surface area contributed by atoms with Crippen molar-refractivity contribution in [3.8, 4) is 0 Å². The molecule has 2 aliphatic rings. The highest BCUT2D eigenvalue weighted by Crippen LogP contribution is 2.24. The van der Waals surface area contributed by atoms with E-state index in [9.17, 15) is 19.2 Å². The second-order valence-corrected chi connectivity index (χ2v) is 6.97. The van der Waals surface area contributed by atoms with E-state index in [1.807, 2.05) is 25.1 Å². The maximum absolute atomic E-state index is 11.8. The second kappa shape index (κ2) is 7.31. The number of rotatable bonds is 6. The fraction of sp³-hybridized carbons (Fsp3) is 0.333. The summed E-state index contributed by atoms with van der Waals surface area (Å²) in [4.78, 5) is 46.8. The molecule has 6 nitrogen and oxygen atoms in total. The van der Waals surface area contributed by atoms with Crippen LogP contribution in [0.3, 0.4) is 0 Å². The molecule has 0 fully saturated rings. The van der Waals surface area contributed by atoms with Crippen LogP contribution in [0.5, 0.6) is 0 Å². The Morgan fingerprint density at radius 1 is 0.630 bits per heavy atom. The molecule has 1 aromatic rings. The molecular weight excluding hydrogens is 344 g/mol. The molecule has 0 saturated heterocycles. The number of amides is 4. The van der Waals surface area contributed by atoms with Gasteiger partial charge in [-0.3, -0.25) is 29.8 Å². The second-order valence-electron chi connectivity index (χ2n) is 6.97. The van der Waals surface area contributed by atoms with Gasteiger partial charge in [0.2, 0.25) is 0 Å². The highest BCUT2D eigenvalue weighted by atomic mass is 16.2. The van der Waals surface area contributed by atoms with Gasteiger partial charge in [-0.05, 0) is 63.1 Å². The van der Waals surface area contributed by atoms with Gasteiger partial charge in [0.05, 0.1) is 0 Å². The van der Waals surface area contributed by atoms with Crippen LogP contribution in [-0.4, -0.2) is 23.6 Å². The Kier molecular flexibility index (Phi) is 5.08. The molecule has 0 unspecified atom stereocenters. The standard InChI is InChI=1S/C21H22N2O4/c1-11-14(7-9-16-12(2)18(24)22-20(16)26)5-4-6-15(11)8-10-17-13(3)19(25)23-21(17)27/h4-6H,7-10H2,1-3H3,(H,22,24,26)(H,23,25,27). The zero-order valence-corrected chi connectivity index (χ0v) is 15.7. The molecule has 0 aliphatic carbocycles. The van der Waals surface area contributed by atoms with Crippen molar-refractivity contribution in [2.75, 3.05) is 0 Å². The summed E-state index contributed by atoms with van der Waals surface area (Å²) in [6.45, 7) is 5.36. The van der Waals surface area contributed by atoms with E-state index in [1.165, 1.54) is 0 Å². The van der Waals surface area contributed by atoms with E-state index in [0.29, 0.717) is 48.0 Å². The monoisotopic (exact) mass is 366 g/mol. The summed E-state index contributed by atoms with van der Waals surface area (Å²) in [7, 11) is 0. The number of hydrogen-bond acceptors (Lipinski definition) is 4. The van der Waals surface area contributed by atoms with Crippen LogP contribution in [0, 0.1) is 6.92 Å². The smallest absolute Gasteiger partial charge is 0.254 e. The number of carbonyl (C=O) groups is 4. The molecule has 6 heteroatoms. The molecule has 140 valence electrons. The lowest BCUT2D eigenvalue weighted by molar-refractivity contribution is -0.125. The normalized spacial score (nSPS) is 17.1. The predicted octanol–water partition coefficient (Wildman–Crippen LogP) is 1.81. The fourth-order valence-corrected chi connectivity index (χ4v) is 3.56. The van der Waals surface area contributed by atoms with E-state index in [1.54, 1.807) is 13.8 Å². The van der Waals surface area contributed by atoms with Gasteiger partial charge in [0.15, 0.2) is 0 Å². The Hall–Kier alpha value is -3.02. The van der Waals surface area contributed by atoms with Gasteiger partial charge in [0, 0.05) is 22.3 Å². The van der Waals surface area contributed by atoms with Gasteiger partial charge in [-0.25, -0.2) is 0 Å². The molecule has 2 heterocycles. The summed E-state index contributed by atoms with van der Waals surface area (Å²) in [5.74, 6) is -1.22. The van der Waals surface area contributed by atoms with Crippen molar-refractivity contribution in [1.29, 1.82) is 0 Å². The first-order valence-electron chi connectivity index (χ1n) is 8.97. The minimum absolute atomic E-state index is 0.300. The number of aryl methyl sites for hydroxylation is 2. The number of nitrogens with one attached hydrogen (secondary N) is 2. The SMILES string of the molecule is CC1=C(CCc2cccc(CCC3=C(C)C(=O)NC3=O)c2C)C(=O)NC1=O. The number of imide groups is 2. The summed E-state index contributed by atoms with van der Waals surface area (Å²) >= 11 is 0. The summed E-state index contributed by atoms with van der Waals surface area (Å²) < 4.78 is 0. The molecule has 27 heavy (non-hydrogen) atoms. The minimum Gasteiger partial charge on any atom is -0.289 e. The summed E-state index contributed by atoms with van der Waals surface area (Å²) in [5.41, 5.74) is 5.42. The zero-order valence-electron chi connectivity index (χ0n) is 15.7. The van der Waals surface area contributed by atoms with Crippen molar-refractivity contribution in [2.45, 2.75) is 46.5 Å². The molecule has 2 aliphatic heterocycles. The van der Waals surface area contributed by atoms with Crippen molar-refractivity contribution < 1.29 is 19.2 Å². The van der Waals surface area contributed by atoms with Gasteiger partial charge in [-0.1, -0.05) is 18.2 Å². The highest BCUT2D eigenvalue weighted by Gasteiger charge is 2.27. The summed E-state index contributed by atoms with van der Waals surface area (Å²) in [6.07, 6.45) is 2.34. The Morgan fingerprint density at radius 2 is 1.04 bits per heavy atom. The minimum atomic E-state index is -0.312. The van der Waals surface area contributed by atoms with Crippen LogP contribution < -0.4 is 10.6 Å². The molecule has 0 bridgehead atoms. The lowest BCUT2D eigenvalue weighted by Gasteiger charge is -2.12. The first-order valence-corrected chi connectivity index (χ1v) is 8.97. The molecular formula is C21H22N2O4. The van der Waals surface area contributed by atoms with E-state index in [4.69, 9.17) is 0 Å². The molecule has 0 spiro atoms. The maximum Gasteiger partial charge on any atom is 0.254 e. The Morgan fingerprint density at radius 3 is 1.37 bits per heavy atom. The van der Waals surface area contributed by atoms with Crippen molar-refractivity contribution in [3.05, 3.63) is 57.2 Å². The van der Waals surface area contributed by atoms with E-state index >= 15 is 0 Å². The first kappa shape index (κ1) is 18.8. The third kappa shape index (κ3) is 3.60. The van der Waals surface area contributed by atoms with E-state index in [2.05, 4.69) is 10.6 Å². The van der Waals surface area contributed by atoms with Crippen molar-refractivity contribution >= 4 is 23.6 Å². The molecule has 0 atom stereocenters. The van der Waals surface area contributed by atoms with Crippen LogP contribution in [0.4, 0.5) is 0 Å². The average Bonchev–Trinajstić information content (AvgIpc) is 3.01. The lowest BCUT2D eigenvalue weighted by atomic mass is 9.93. The Labute approximate surface area is 157 Å². The number of benzene rings is 1. The summed E-state index contributed by atoms with van der Waals surface area (Å²) in [5, 5.41) is 4.64. The summed E-state index contributed by atoms with van der Waals surface area (Å²) in [6, 6.07) is 5.99. The average molecular weight is 366 g/mol. The molecule has 3 rings (SSSR count). The third-order valence-electron chi connectivity index (χ3n) is 5.44. The van der Waals surface area contributed by atoms with Crippen LogP contribution in [0.1, 0.15) is 43.4 Å². The van der Waals surface area contributed by atoms with Crippen LogP contribution in [0.2, 0.25) is 0 Å². The highest BCUT2D eigenvalue weighted by molar-refractivity contribution is 6.19. The molecule has 2 N–H and O–H groups in total. The molecule has 0 saturated carbocycles. The van der Waals surface area contributed by atoms with E-state index in [0.717, 1.165) is 16.7 Å². The maximum atomic E-state index is 11.8. The number of hydrogen-bond donors (Lipinski definition) is 2. The van der Waals surface area contributed by atoms with E-state index in [-0.39, 0.29) is 23.6 Å². The van der Waals surface area contributed by atoms with Gasteiger partial charge in [-0.2, -0.15) is 0 Å². The van der Waals surface area contributed by atoms with Gasteiger partial charge in [0.1, 0.15) is 0 Å². The lowest BCUT2D eigenvalue weighted by Crippen LogP contribution is -2.23. The Bertz CT molecular complexity index is 865. The predicted molar refractivity (Wildman–Crippen MR) is 99.5 cm³/mol. The molecule has 0 aromatic heterocycles. The molecule has 1 aromatic carbocycles. The van der Waals surface area contributed by atoms with Gasteiger partial charge < -0.3 is 0 Å². The van der Waals surface area contributed by atoms with Crippen LogP contribution in [0.25, 0.3) is 0 Å². The first-order chi connectivity index (χ1) is 12.8. The van der Waals surface area contributed by atoms with Crippen LogP contribution in [-0.2, 0) is 32.0 Å². The largest absolute Gasteiger partial charge is 0.289 e.